The van der Waals surface area contributed by atoms with Crippen LogP contribution in [0, 0.1) is 0 Å². The van der Waals surface area contributed by atoms with Crippen LogP contribution in [0.5, 0.6) is 11.5 Å². The van der Waals surface area contributed by atoms with Gasteiger partial charge in [-0.15, -0.1) is 0 Å². The standard InChI is InChI=1S/C25H33N3O6S/c1-4-26-25(30)19(3)27(14-13-20-9-7-6-8-10-20)24(29)18-28(35(31,32)5-2)21-11-12-22-23(17-21)34-16-15-33-22/h6-12,17,19H,4-5,13-16,18H2,1-3H3,(H,26,30)/t19-/m0/s1. The van der Waals surface area contributed by atoms with E-state index < -0.39 is 28.5 Å². The van der Waals surface area contributed by atoms with Crippen molar-refractivity contribution in [2.24, 2.45) is 0 Å². The second-order valence-electron chi connectivity index (χ2n) is 8.13. The van der Waals surface area contributed by atoms with Gasteiger partial charge >= 0.3 is 0 Å². The Kier molecular flexibility index (Phi) is 8.97. The zero-order chi connectivity index (χ0) is 25.4. The summed E-state index contributed by atoms with van der Waals surface area (Å²) in [6.07, 6.45) is 0.529. The highest BCUT2D eigenvalue weighted by molar-refractivity contribution is 7.92. The Balaban J connectivity index is 1.88. The van der Waals surface area contributed by atoms with E-state index in [0.29, 0.717) is 43.4 Å². The molecule has 0 spiro atoms. The van der Waals surface area contributed by atoms with Gasteiger partial charge in [0.2, 0.25) is 21.8 Å². The van der Waals surface area contributed by atoms with E-state index in [9.17, 15) is 18.0 Å². The molecule has 10 heteroatoms. The van der Waals surface area contributed by atoms with Crippen molar-refractivity contribution in [3.63, 3.8) is 0 Å². The number of anilines is 1. The van der Waals surface area contributed by atoms with Crippen LogP contribution < -0.4 is 19.1 Å². The van der Waals surface area contributed by atoms with Gasteiger partial charge in [0.1, 0.15) is 25.8 Å². The maximum Gasteiger partial charge on any atom is 0.244 e. The first-order chi connectivity index (χ1) is 16.8. The van der Waals surface area contributed by atoms with E-state index in [1.165, 1.54) is 11.8 Å². The normalized spacial score (nSPS) is 13.6. The number of sulfonamides is 1. The van der Waals surface area contributed by atoms with Crippen LogP contribution in [0.1, 0.15) is 26.3 Å². The molecule has 0 fully saturated rings. The first kappa shape index (κ1) is 26.3. The van der Waals surface area contributed by atoms with Gasteiger partial charge < -0.3 is 19.7 Å². The number of carbonyl (C=O) groups is 2. The Morgan fingerprint density at radius 1 is 1.03 bits per heavy atom. The van der Waals surface area contributed by atoms with Crippen LogP contribution in [0.4, 0.5) is 5.69 Å². The van der Waals surface area contributed by atoms with Crippen molar-refractivity contribution in [3.05, 3.63) is 54.1 Å². The van der Waals surface area contributed by atoms with E-state index in [1.54, 1.807) is 32.0 Å². The largest absolute Gasteiger partial charge is 0.486 e. The summed E-state index contributed by atoms with van der Waals surface area (Å²) >= 11 is 0. The lowest BCUT2D eigenvalue weighted by molar-refractivity contribution is -0.138. The number of benzene rings is 2. The molecule has 0 saturated carbocycles. The molecule has 9 nitrogen and oxygen atoms in total. The molecule has 0 radical (unpaired) electrons. The predicted octanol–water partition coefficient (Wildman–Crippen LogP) is 2.21. The fourth-order valence-corrected chi connectivity index (χ4v) is 4.85. The van der Waals surface area contributed by atoms with Crippen molar-refractivity contribution in [3.8, 4) is 11.5 Å². The predicted molar refractivity (Wildman–Crippen MR) is 134 cm³/mol. The van der Waals surface area contributed by atoms with Crippen molar-refractivity contribution in [2.45, 2.75) is 33.2 Å². The number of nitrogens with zero attached hydrogens (tertiary/aromatic N) is 2. The summed E-state index contributed by atoms with van der Waals surface area (Å²) in [7, 11) is -3.80. The lowest BCUT2D eigenvalue weighted by Crippen LogP contribution is -2.52. The minimum atomic E-state index is -3.80. The van der Waals surface area contributed by atoms with Gasteiger partial charge in [0.15, 0.2) is 11.5 Å². The van der Waals surface area contributed by atoms with Gasteiger partial charge in [-0.05, 0) is 44.9 Å². The molecule has 1 aliphatic heterocycles. The van der Waals surface area contributed by atoms with Gasteiger partial charge in [-0.25, -0.2) is 8.42 Å². The fourth-order valence-electron chi connectivity index (χ4n) is 3.80. The number of rotatable bonds is 11. The van der Waals surface area contributed by atoms with E-state index >= 15 is 0 Å². The fraction of sp³-hybridized carbons (Fsp3) is 0.440. The van der Waals surface area contributed by atoms with E-state index in [-0.39, 0.29) is 18.2 Å². The van der Waals surface area contributed by atoms with Crippen LogP contribution in [0.2, 0.25) is 0 Å². The topological polar surface area (TPSA) is 105 Å². The van der Waals surface area contributed by atoms with E-state index in [0.717, 1.165) is 9.87 Å². The average molecular weight is 504 g/mol. The van der Waals surface area contributed by atoms with Crippen LogP contribution >= 0.6 is 0 Å². The first-order valence-corrected chi connectivity index (χ1v) is 13.4. The molecule has 0 unspecified atom stereocenters. The number of likely N-dealkylation sites (N-methyl/N-ethyl adjacent to an activating group) is 1. The van der Waals surface area contributed by atoms with Crippen molar-refractivity contribution >= 4 is 27.5 Å². The first-order valence-electron chi connectivity index (χ1n) is 11.8. The highest BCUT2D eigenvalue weighted by atomic mass is 32.2. The Labute approximate surface area is 207 Å². The molecule has 2 aromatic carbocycles. The number of fused-ring (bicyclic) bond motifs is 1. The lowest BCUT2D eigenvalue weighted by Gasteiger charge is -2.32. The monoisotopic (exact) mass is 503 g/mol. The van der Waals surface area contributed by atoms with Crippen LogP contribution in [0.25, 0.3) is 0 Å². The number of hydrogen-bond donors (Lipinski definition) is 1. The quantitative estimate of drug-likeness (QED) is 0.504. The van der Waals surface area contributed by atoms with Crippen molar-refractivity contribution < 1.29 is 27.5 Å². The summed E-state index contributed by atoms with van der Waals surface area (Å²) < 4.78 is 38.2. The summed E-state index contributed by atoms with van der Waals surface area (Å²) in [5.41, 5.74) is 1.32. The molecule has 0 aromatic heterocycles. The second-order valence-corrected chi connectivity index (χ2v) is 10.3. The molecule has 0 saturated heterocycles. The molecular formula is C25H33N3O6S. The number of nitrogens with one attached hydrogen (secondary N) is 1. The lowest BCUT2D eigenvalue weighted by atomic mass is 10.1. The molecule has 2 aromatic rings. The van der Waals surface area contributed by atoms with Crippen LogP contribution in [-0.4, -0.2) is 69.8 Å². The summed E-state index contributed by atoms with van der Waals surface area (Å²) in [5.74, 6) is -0.00155. The summed E-state index contributed by atoms with van der Waals surface area (Å²) in [4.78, 5) is 27.6. The summed E-state index contributed by atoms with van der Waals surface area (Å²) in [5, 5.41) is 2.74. The minimum absolute atomic E-state index is 0.190. The third-order valence-electron chi connectivity index (χ3n) is 5.80. The minimum Gasteiger partial charge on any atom is -0.486 e. The third kappa shape index (κ3) is 6.66. The molecule has 1 atom stereocenters. The van der Waals surface area contributed by atoms with Gasteiger partial charge in [-0.1, -0.05) is 30.3 Å². The van der Waals surface area contributed by atoms with E-state index in [4.69, 9.17) is 9.47 Å². The van der Waals surface area contributed by atoms with Crippen molar-refractivity contribution in [1.29, 1.82) is 0 Å². The Bertz CT molecular complexity index is 1120. The van der Waals surface area contributed by atoms with E-state index in [1.807, 2.05) is 30.3 Å². The SMILES string of the molecule is CCNC(=O)[C@H](C)N(CCc1ccccc1)C(=O)CN(c1ccc2c(c1)OCCO2)S(=O)(=O)CC. The van der Waals surface area contributed by atoms with Crippen molar-refractivity contribution in [2.75, 3.05) is 42.9 Å². The Morgan fingerprint density at radius 3 is 2.37 bits per heavy atom. The summed E-state index contributed by atoms with van der Waals surface area (Å²) in [6.45, 7) is 6.00. The molecular weight excluding hydrogens is 470 g/mol. The number of amides is 2. The average Bonchev–Trinajstić information content (AvgIpc) is 2.87. The third-order valence-corrected chi connectivity index (χ3v) is 7.54. The van der Waals surface area contributed by atoms with Gasteiger partial charge in [0.05, 0.1) is 11.4 Å². The van der Waals surface area contributed by atoms with E-state index in [2.05, 4.69) is 5.32 Å². The van der Waals surface area contributed by atoms with Crippen molar-refractivity contribution in [1.82, 2.24) is 10.2 Å². The molecule has 0 bridgehead atoms. The highest BCUT2D eigenvalue weighted by Crippen LogP contribution is 2.35. The molecule has 0 aliphatic carbocycles. The molecule has 2 amide bonds. The Morgan fingerprint density at radius 2 is 1.71 bits per heavy atom. The number of ether oxygens (including phenoxy) is 2. The number of hydrogen-bond acceptors (Lipinski definition) is 6. The van der Waals surface area contributed by atoms with Gasteiger partial charge in [0.25, 0.3) is 0 Å². The Hall–Kier alpha value is -3.27. The maximum absolute atomic E-state index is 13.5. The summed E-state index contributed by atoms with van der Waals surface area (Å²) in [6, 6.07) is 13.6. The zero-order valence-corrected chi connectivity index (χ0v) is 21.2. The molecule has 1 aliphatic rings. The van der Waals surface area contributed by atoms with Crippen LogP contribution in [0.3, 0.4) is 0 Å². The molecule has 1 heterocycles. The number of carbonyl (C=O) groups excluding carboxylic acids is 2. The molecule has 35 heavy (non-hydrogen) atoms. The molecule has 1 N–H and O–H groups in total. The van der Waals surface area contributed by atoms with Crippen LogP contribution in [0.15, 0.2) is 48.5 Å². The van der Waals surface area contributed by atoms with Gasteiger partial charge in [0, 0.05) is 19.2 Å². The molecule has 3 rings (SSSR count). The highest BCUT2D eigenvalue weighted by Gasteiger charge is 2.31. The van der Waals surface area contributed by atoms with Gasteiger partial charge in [-0.2, -0.15) is 0 Å². The zero-order valence-electron chi connectivity index (χ0n) is 20.4. The molecule has 190 valence electrons. The van der Waals surface area contributed by atoms with Crippen LogP contribution in [-0.2, 0) is 26.0 Å². The smallest absolute Gasteiger partial charge is 0.244 e. The maximum atomic E-state index is 13.5. The second kappa shape index (κ2) is 11.9. The van der Waals surface area contributed by atoms with Gasteiger partial charge in [-0.3, -0.25) is 13.9 Å².